The maximum absolute atomic E-state index is 12.6. The zero-order valence-corrected chi connectivity index (χ0v) is 19.6. The minimum Gasteiger partial charge on any atom is -0.496 e. The van der Waals surface area contributed by atoms with Gasteiger partial charge in [-0.15, -0.1) is 0 Å². The lowest BCUT2D eigenvalue weighted by Crippen LogP contribution is -2.34. The van der Waals surface area contributed by atoms with E-state index in [4.69, 9.17) is 9.47 Å². The Hall–Kier alpha value is -4.02. The molecule has 0 saturated heterocycles. The molecule has 1 amide bonds. The average molecular weight is 487 g/mol. The van der Waals surface area contributed by atoms with E-state index in [0.717, 1.165) is 22.2 Å². The first kappa shape index (κ1) is 24.1. The predicted octanol–water partition coefficient (Wildman–Crippen LogP) is 4.78. The van der Waals surface area contributed by atoms with E-state index in [-0.39, 0.29) is 23.1 Å². The van der Waals surface area contributed by atoms with Crippen molar-refractivity contribution in [1.29, 1.82) is 0 Å². The molecule has 0 aliphatic rings. The highest BCUT2D eigenvalue weighted by molar-refractivity contribution is 6.00. The number of hydrogen-bond acceptors (Lipinski definition) is 5. The Morgan fingerprint density at radius 2 is 1.77 bits per heavy atom. The number of hydrogen-bond donors (Lipinski definition) is 1. The molecule has 0 bridgehead atoms. The third-order valence-corrected chi connectivity index (χ3v) is 5.46. The molecule has 2 heterocycles. The van der Waals surface area contributed by atoms with Gasteiger partial charge >= 0.3 is 6.18 Å². The molecule has 35 heavy (non-hydrogen) atoms. The van der Waals surface area contributed by atoms with Gasteiger partial charge in [0.1, 0.15) is 29.9 Å². The number of alkyl halides is 3. The van der Waals surface area contributed by atoms with E-state index in [1.807, 2.05) is 34.4 Å². The summed E-state index contributed by atoms with van der Waals surface area (Å²) in [5.74, 6) is -0.818. The van der Waals surface area contributed by atoms with Crippen LogP contribution in [0.5, 0.6) is 11.5 Å². The first-order valence-electron chi connectivity index (χ1n) is 10.7. The van der Waals surface area contributed by atoms with Crippen LogP contribution in [-0.2, 0) is 0 Å². The lowest BCUT2D eigenvalue weighted by molar-refractivity contribution is -0.123. The molecule has 0 aliphatic heterocycles. The summed E-state index contributed by atoms with van der Waals surface area (Å²) in [6.07, 6.45) is 0.847. The fraction of sp³-hybridized carbons (Fsp3) is 0.292. The van der Waals surface area contributed by atoms with Crippen molar-refractivity contribution in [2.45, 2.75) is 26.1 Å². The number of fused-ring (bicyclic) bond motifs is 1. The molecule has 0 unspecified atom stereocenters. The van der Waals surface area contributed by atoms with Crippen LogP contribution < -0.4 is 14.8 Å². The highest BCUT2D eigenvalue weighted by atomic mass is 19.4. The number of imidazole rings is 1. The van der Waals surface area contributed by atoms with Gasteiger partial charge in [0.05, 0.1) is 37.1 Å². The molecule has 4 aromatic rings. The van der Waals surface area contributed by atoms with Gasteiger partial charge in [-0.25, -0.2) is 4.98 Å². The van der Waals surface area contributed by atoms with Crippen LogP contribution in [0.15, 0.2) is 49.1 Å². The molecule has 2 aromatic carbocycles. The molecule has 0 radical (unpaired) electrons. The van der Waals surface area contributed by atoms with Gasteiger partial charge in [0.25, 0.3) is 5.91 Å². The van der Waals surface area contributed by atoms with Crippen molar-refractivity contribution < 1.29 is 27.4 Å². The van der Waals surface area contributed by atoms with Gasteiger partial charge in [0.2, 0.25) is 0 Å². The minimum absolute atomic E-state index is 0.0681. The number of rotatable bonds is 7. The van der Waals surface area contributed by atoms with Crippen LogP contribution >= 0.6 is 0 Å². The van der Waals surface area contributed by atoms with Crippen molar-refractivity contribution >= 4 is 16.9 Å². The maximum atomic E-state index is 12.6. The number of ether oxygens (including phenoxy) is 2. The van der Waals surface area contributed by atoms with E-state index in [2.05, 4.69) is 23.9 Å². The third-order valence-electron chi connectivity index (χ3n) is 5.46. The first-order chi connectivity index (χ1) is 16.6. The molecule has 2 aromatic heterocycles. The molecule has 184 valence electrons. The molecule has 0 spiro atoms. The van der Waals surface area contributed by atoms with Gasteiger partial charge in [-0.2, -0.15) is 18.3 Å². The van der Waals surface area contributed by atoms with Crippen molar-refractivity contribution in [3.63, 3.8) is 0 Å². The second kappa shape index (κ2) is 9.32. The molecule has 4 rings (SSSR count). The number of carbonyl (C=O) groups is 1. The number of amides is 1. The van der Waals surface area contributed by atoms with Crippen LogP contribution in [0.25, 0.3) is 27.8 Å². The van der Waals surface area contributed by atoms with Crippen LogP contribution in [0, 0.1) is 0 Å². The Labute approximate surface area is 199 Å². The van der Waals surface area contributed by atoms with Crippen molar-refractivity contribution in [3.8, 4) is 28.3 Å². The Kier molecular flexibility index (Phi) is 6.42. The molecule has 8 nitrogen and oxygen atoms in total. The van der Waals surface area contributed by atoms with Crippen LogP contribution in [0.4, 0.5) is 13.2 Å². The van der Waals surface area contributed by atoms with Crippen molar-refractivity contribution in [2.75, 3.05) is 20.8 Å². The molecule has 0 aliphatic carbocycles. The van der Waals surface area contributed by atoms with Gasteiger partial charge in [-0.1, -0.05) is 6.07 Å². The third kappa shape index (κ3) is 4.93. The number of carbonyl (C=O) groups excluding carboxylic acids is 1. The molecule has 0 saturated carbocycles. The fourth-order valence-electron chi connectivity index (χ4n) is 3.70. The lowest BCUT2D eigenvalue weighted by atomic mass is 10.1. The quantitative estimate of drug-likeness (QED) is 0.406. The van der Waals surface area contributed by atoms with E-state index in [9.17, 15) is 18.0 Å². The summed E-state index contributed by atoms with van der Waals surface area (Å²) >= 11 is 0. The Morgan fingerprint density at radius 3 is 2.34 bits per heavy atom. The van der Waals surface area contributed by atoms with E-state index in [1.54, 1.807) is 29.2 Å². The summed E-state index contributed by atoms with van der Waals surface area (Å²) in [4.78, 5) is 17.0. The largest absolute Gasteiger partial charge is 0.496 e. The predicted molar refractivity (Wildman–Crippen MR) is 124 cm³/mol. The summed E-state index contributed by atoms with van der Waals surface area (Å²) in [5.41, 5.74) is 3.87. The van der Waals surface area contributed by atoms with Crippen LogP contribution in [0.2, 0.25) is 0 Å². The standard InChI is InChI=1S/C24H24F3N5O3/c1-14(2)32-11-16(10-30-32)15-5-6-19-18(7-15)29-13-31(19)17-8-20(34-3)22(21(9-17)35-4)23(33)28-12-24(25,26)27/h5-11,13-14H,12H2,1-4H3,(H,28,33). The number of benzene rings is 2. The Bertz CT molecular complexity index is 1350. The topological polar surface area (TPSA) is 83.2 Å². The number of methoxy groups -OCH3 is 2. The number of nitrogens with one attached hydrogen (secondary N) is 1. The smallest absolute Gasteiger partial charge is 0.405 e. The molecular formula is C24H24F3N5O3. The van der Waals surface area contributed by atoms with Gasteiger partial charge in [0, 0.05) is 29.9 Å². The van der Waals surface area contributed by atoms with Crippen molar-refractivity contribution in [3.05, 3.63) is 54.6 Å². The summed E-state index contributed by atoms with van der Waals surface area (Å²) < 4.78 is 52.0. The molecule has 1 N–H and O–H groups in total. The van der Waals surface area contributed by atoms with Gasteiger partial charge in [0.15, 0.2) is 0 Å². The summed E-state index contributed by atoms with van der Waals surface area (Å²) in [7, 11) is 2.66. The molecule has 0 atom stereocenters. The van der Waals surface area contributed by atoms with Crippen LogP contribution in [-0.4, -0.2) is 52.2 Å². The number of halogens is 3. The van der Waals surface area contributed by atoms with Gasteiger partial charge in [-0.3, -0.25) is 14.0 Å². The average Bonchev–Trinajstić information content (AvgIpc) is 3.48. The summed E-state index contributed by atoms with van der Waals surface area (Å²) in [6, 6.07) is 9.15. The van der Waals surface area contributed by atoms with Gasteiger partial charge < -0.3 is 14.8 Å². The highest BCUT2D eigenvalue weighted by Gasteiger charge is 2.30. The van der Waals surface area contributed by atoms with E-state index in [0.29, 0.717) is 5.69 Å². The second-order valence-corrected chi connectivity index (χ2v) is 8.14. The van der Waals surface area contributed by atoms with E-state index < -0.39 is 18.6 Å². The molecular weight excluding hydrogens is 463 g/mol. The Balaban J connectivity index is 1.71. The normalized spacial score (nSPS) is 11.8. The lowest BCUT2D eigenvalue weighted by Gasteiger charge is -2.16. The fourth-order valence-corrected chi connectivity index (χ4v) is 3.70. The zero-order chi connectivity index (χ0) is 25.3. The molecule has 11 heteroatoms. The monoisotopic (exact) mass is 487 g/mol. The summed E-state index contributed by atoms with van der Waals surface area (Å²) in [5, 5.41) is 6.23. The summed E-state index contributed by atoms with van der Waals surface area (Å²) in [6.45, 7) is 2.63. The molecule has 0 fully saturated rings. The number of nitrogens with zero attached hydrogens (tertiary/aromatic N) is 4. The SMILES string of the molecule is COc1cc(-n2cnc3cc(-c4cnn(C(C)C)c4)ccc32)cc(OC)c1C(=O)NCC(F)(F)F. The Morgan fingerprint density at radius 1 is 1.09 bits per heavy atom. The van der Waals surface area contributed by atoms with Crippen molar-refractivity contribution in [2.24, 2.45) is 0 Å². The van der Waals surface area contributed by atoms with E-state index >= 15 is 0 Å². The van der Waals surface area contributed by atoms with Gasteiger partial charge in [-0.05, 0) is 31.5 Å². The van der Waals surface area contributed by atoms with Crippen LogP contribution in [0.1, 0.15) is 30.2 Å². The second-order valence-electron chi connectivity index (χ2n) is 8.14. The zero-order valence-electron chi connectivity index (χ0n) is 19.6. The van der Waals surface area contributed by atoms with E-state index in [1.165, 1.54) is 14.2 Å². The highest BCUT2D eigenvalue weighted by Crippen LogP contribution is 2.34. The maximum Gasteiger partial charge on any atom is 0.405 e. The van der Waals surface area contributed by atoms with Crippen molar-refractivity contribution in [1.82, 2.24) is 24.6 Å². The van der Waals surface area contributed by atoms with Crippen LogP contribution in [0.3, 0.4) is 0 Å². The minimum atomic E-state index is -4.54. The first-order valence-corrected chi connectivity index (χ1v) is 10.7. The number of aromatic nitrogens is 4.